The summed E-state index contributed by atoms with van der Waals surface area (Å²) in [5.41, 5.74) is 3.92. The Hall–Kier alpha value is -2.87. The number of ether oxygens (including phenoxy) is 2. The van der Waals surface area contributed by atoms with E-state index < -0.39 is 18.2 Å². The highest BCUT2D eigenvalue weighted by Gasteiger charge is 2.27. The Morgan fingerprint density at radius 2 is 1.52 bits per heavy atom. The van der Waals surface area contributed by atoms with E-state index in [4.69, 9.17) is 9.47 Å². The monoisotopic (exact) mass is 462 g/mol. The van der Waals surface area contributed by atoms with Crippen LogP contribution < -0.4 is 5.43 Å². The minimum atomic E-state index is -0.875. The van der Waals surface area contributed by atoms with Crippen LogP contribution in [-0.4, -0.2) is 34.9 Å². The van der Waals surface area contributed by atoms with E-state index in [0.29, 0.717) is 24.5 Å². The summed E-state index contributed by atoms with van der Waals surface area (Å²) in [4.78, 5) is 36.3. The highest BCUT2D eigenvalue weighted by atomic mass is 79.9. The Kier molecular flexibility index (Phi) is 9.71. The lowest BCUT2D eigenvalue weighted by molar-refractivity contribution is -0.113. The molecule has 0 spiro atoms. The molecule has 2 amide bonds. The fraction of sp³-hybridized carbons (Fsp3) is 0.286. The van der Waals surface area contributed by atoms with Crippen LogP contribution in [-0.2, 0) is 27.5 Å². The first kappa shape index (κ1) is 22.4. The van der Waals surface area contributed by atoms with Gasteiger partial charge in [0.25, 0.3) is 0 Å². The third kappa shape index (κ3) is 7.95. The number of alkyl halides is 1. The van der Waals surface area contributed by atoms with Crippen molar-refractivity contribution in [3.05, 3.63) is 71.8 Å². The molecule has 0 heterocycles. The van der Waals surface area contributed by atoms with Crippen LogP contribution in [0.1, 0.15) is 24.0 Å². The Balaban J connectivity index is 1.99. The largest absolute Gasteiger partial charge is 0.443 e. The molecule has 1 N–H and O–H groups in total. The van der Waals surface area contributed by atoms with Crippen molar-refractivity contribution >= 4 is 34.4 Å². The second-order valence-electron chi connectivity index (χ2n) is 6.12. The summed E-state index contributed by atoms with van der Waals surface area (Å²) in [7, 11) is 0. The zero-order valence-corrected chi connectivity index (χ0v) is 17.4. The summed E-state index contributed by atoms with van der Waals surface area (Å²) >= 11 is 3.29. The van der Waals surface area contributed by atoms with Crippen molar-refractivity contribution in [2.24, 2.45) is 0 Å². The van der Waals surface area contributed by atoms with Gasteiger partial charge >= 0.3 is 12.2 Å². The summed E-state index contributed by atoms with van der Waals surface area (Å²) < 4.78 is 10.4. The van der Waals surface area contributed by atoms with Gasteiger partial charge in [-0.2, -0.15) is 0 Å². The van der Waals surface area contributed by atoms with E-state index in [0.717, 1.165) is 16.1 Å². The predicted molar refractivity (Wildman–Crippen MR) is 111 cm³/mol. The van der Waals surface area contributed by atoms with Gasteiger partial charge in [-0.05, 0) is 24.0 Å². The summed E-state index contributed by atoms with van der Waals surface area (Å²) in [5, 5.41) is 1.54. The van der Waals surface area contributed by atoms with Crippen molar-refractivity contribution in [3.8, 4) is 0 Å². The van der Waals surface area contributed by atoms with E-state index in [1.165, 1.54) is 0 Å². The quantitative estimate of drug-likeness (QED) is 0.342. The number of aldehydes is 1. The second-order valence-corrected chi connectivity index (χ2v) is 6.91. The van der Waals surface area contributed by atoms with Crippen molar-refractivity contribution in [1.82, 2.24) is 10.4 Å². The molecule has 0 aromatic heterocycles. The van der Waals surface area contributed by atoms with Crippen LogP contribution in [0, 0.1) is 0 Å². The smallest absolute Gasteiger partial charge is 0.429 e. The van der Waals surface area contributed by atoms with Crippen LogP contribution in [0.25, 0.3) is 0 Å². The summed E-state index contributed by atoms with van der Waals surface area (Å²) in [6.07, 6.45) is -0.0987. The molecule has 0 aliphatic rings. The molecule has 0 saturated heterocycles. The zero-order chi connectivity index (χ0) is 20.9. The zero-order valence-electron chi connectivity index (χ0n) is 15.8. The number of carbonyl (C=O) groups excluding carboxylic acids is 3. The Labute approximate surface area is 178 Å². The molecule has 154 valence electrons. The molecule has 1 atom stereocenters. The number of halogens is 1. The molecule has 0 aliphatic heterocycles. The number of hydrazine groups is 1. The number of rotatable bonds is 9. The SMILES string of the molecule is O=C[C@H](CCCBr)N(NC(=O)OCc1ccccc1)C(=O)OCc1ccccc1. The lowest BCUT2D eigenvalue weighted by atomic mass is 10.2. The number of nitrogens with zero attached hydrogens (tertiary/aromatic N) is 1. The summed E-state index contributed by atoms with van der Waals surface area (Å²) in [5.74, 6) is 0. The minimum Gasteiger partial charge on any atom is -0.443 e. The molecule has 2 aromatic carbocycles. The van der Waals surface area contributed by atoms with Crippen LogP contribution in [0.2, 0.25) is 0 Å². The maximum atomic E-state index is 12.6. The summed E-state index contributed by atoms with van der Waals surface area (Å²) in [6, 6.07) is 17.4. The number of hydrogen-bond donors (Lipinski definition) is 1. The molecule has 0 radical (unpaired) electrons. The maximum Gasteiger partial charge on any atom is 0.429 e. The van der Waals surface area contributed by atoms with Crippen LogP contribution in [0.3, 0.4) is 0 Å². The lowest BCUT2D eigenvalue weighted by Gasteiger charge is -2.27. The minimum absolute atomic E-state index is 0.0148. The molecular weight excluding hydrogens is 440 g/mol. The standard InChI is InChI=1S/C21H23BrN2O5/c22-13-7-12-19(14-25)24(21(27)29-16-18-10-5-2-6-11-18)23-20(26)28-15-17-8-3-1-4-9-17/h1-6,8-11,14,19H,7,12-13,15-16H2,(H,23,26)/t19-/m0/s1. The highest BCUT2D eigenvalue weighted by molar-refractivity contribution is 9.09. The fourth-order valence-electron chi connectivity index (χ4n) is 2.45. The summed E-state index contributed by atoms with van der Waals surface area (Å²) in [6.45, 7) is 0.0493. The normalized spacial score (nSPS) is 11.2. The maximum absolute atomic E-state index is 12.6. The van der Waals surface area contributed by atoms with Gasteiger partial charge in [-0.25, -0.2) is 20.0 Å². The van der Waals surface area contributed by atoms with Crippen LogP contribution >= 0.6 is 15.9 Å². The second kappa shape index (κ2) is 12.6. The van der Waals surface area contributed by atoms with Gasteiger partial charge < -0.3 is 14.3 Å². The van der Waals surface area contributed by atoms with Gasteiger partial charge in [0.15, 0.2) is 0 Å². The van der Waals surface area contributed by atoms with Crippen molar-refractivity contribution < 1.29 is 23.9 Å². The molecule has 0 fully saturated rings. The Morgan fingerprint density at radius 1 is 0.966 bits per heavy atom. The molecule has 8 heteroatoms. The van der Waals surface area contributed by atoms with E-state index >= 15 is 0 Å². The number of benzene rings is 2. The first-order chi connectivity index (χ1) is 14.1. The molecule has 0 unspecified atom stereocenters. The molecule has 0 aliphatic carbocycles. The molecule has 0 saturated carbocycles. The number of nitrogens with one attached hydrogen (secondary N) is 1. The van der Waals surface area contributed by atoms with E-state index in [9.17, 15) is 14.4 Å². The molecule has 2 aromatic rings. The molecule has 29 heavy (non-hydrogen) atoms. The number of carbonyl (C=O) groups is 3. The van der Waals surface area contributed by atoms with Crippen LogP contribution in [0.15, 0.2) is 60.7 Å². The molecule has 7 nitrogen and oxygen atoms in total. The Morgan fingerprint density at radius 3 is 2.03 bits per heavy atom. The van der Waals surface area contributed by atoms with Crippen molar-refractivity contribution in [1.29, 1.82) is 0 Å². The van der Waals surface area contributed by atoms with E-state index in [1.807, 2.05) is 48.5 Å². The highest BCUT2D eigenvalue weighted by Crippen LogP contribution is 2.10. The van der Waals surface area contributed by atoms with Crippen molar-refractivity contribution in [2.75, 3.05) is 5.33 Å². The van der Waals surface area contributed by atoms with Crippen LogP contribution in [0.4, 0.5) is 9.59 Å². The lowest BCUT2D eigenvalue weighted by Crippen LogP contribution is -2.53. The van der Waals surface area contributed by atoms with Crippen molar-refractivity contribution in [3.63, 3.8) is 0 Å². The third-order valence-corrected chi connectivity index (χ3v) is 4.51. The van der Waals surface area contributed by atoms with E-state index in [1.54, 1.807) is 12.1 Å². The van der Waals surface area contributed by atoms with Crippen LogP contribution in [0.5, 0.6) is 0 Å². The van der Waals surface area contributed by atoms with Gasteiger partial charge in [-0.1, -0.05) is 76.6 Å². The van der Waals surface area contributed by atoms with Gasteiger partial charge in [0, 0.05) is 5.33 Å². The number of amides is 2. The molecular formula is C21H23BrN2O5. The predicted octanol–water partition coefficient (Wildman–Crippen LogP) is 4.21. The average Bonchev–Trinajstić information content (AvgIpc) is 2.77. The topological polar surface area (TPSA) is 84.9 Å². The Bertz CT molecular complexity index is 773. The van der Waals surface area contributed by atoms with Gasteiger partial charge in [-0.3, -0.25) is 0 Å². The van der Waals surface area contributed by atoms with Gasteiger partial charge in [0.1, 0.15) is 25.5 Å². The first-order valence-corrected chi connectivity index (χ1v) is 10.2. The molecule has 0 bridgehead atoms. The van der Waals surface area contributed by atoms with E-state index in [2.05, 4.69) is 21.4 Å². The van der Waals surface area contributed by atoms with Gasteiger partial charge in [0.05, 0.1) is 0 Å². The van der Waals surface area contributed by atoms with Crippen molar-refractivity contribution in [2.45, 2.75) is 32.1 Å². The average molecular weight is 463 g/mol. The number of hydrogen-bond acceptors (Lipinski definition) is 5. The van der Waals surface area contributed by atoms with Gasteiger partial charge in [-0.15, -0.1) is 0 Å². The molecule has 2 rings (SSSR count). The van der Waals surface area contributed by atoms with Gasteiger partial charge in [0.2, 0.25) is 0 Å². The fourth-order valence-corrected chi connectivity index (χ4v) is 2.77. The third-order valence-electron chi connectivity index (χ3n) is 3.95. The first-order valence-electron chi connectivity index (χ1n) is 9.12. The van der Waals surface area contributed by atoms with E-state index in [-0.39, 0.29) is 13.2 Å².